The summed E-state index contributed by atoms with van der Waals surface area (Å²) in [6, 6.07) is 7.19. The summed E-state index contributed by atoms with van der Waals surface area (Å²) in [6.07, 6.45) is -3.09. The van der Waals surface area contributed by atoms with E-state index in [2.05, 4.69) is 9.71 Å². The van der Waals surface area contributed by atoms with Crippen molar-refractivity contribution in [3.05, 3.63) is 53.2 Å². The van der Waals surface area contributed by atoms with E-state index in [1.807, 2.05) is 13.0 Å². The Morgan fingerprint density at radius 3 is 2.56 bits per heavy atom. The summed E-state index contributed by atoms with van der Waals surface area (Å²) in [7, 11) is -3.67. The topological polar surface area (TPSA) is 62.3 Å². The largest absolute Gasteiger partial charge is 0.417 e. The van der Waals surface area contributed by atoms with Crippen LogP contribution in [0.5, 0.6) is 0 Å². The minimum absolute atomic E-state index is 0.244. The zero-order valence-corrected chi connectivity index (χ0v) is 15.7. The van der Waals surface area contributed by atoms with Gasteiger partial charge in [-0.25, -0.2) is 18.1 Å². The molecule has 5 nitrogen and oxygen atoms in total. The molecule has 0 spiro atoms. The predicted molar refractivity (Wildman–Crippen MR) is 96.1 cm³/mol. The molecule has 1 N–H and O–H groups in total. The van der Waals surface area contributed by atoms with Gasteiger partial charge in [0.2, 0.25) is 10.0 Å². The lowest BCUT2D eigenvalue weighted by atomic mass is 10.2. The molecule has 0 saturated carbocycles. The molecule has 0 radical (unpaired) electrons. The van der Waals surface area contributed by atoms with Crippen molar-refractivity contribution in [1.82, 2.24) is 9.71 Å². The van der Waals surface area contributed by atoms with E-state index < -0.39 is 21.8 Å². The van der Waals surface area contributed by atoms with Crippen molar-refractivity contribution >= 4 is 15.8 Å². The van der Waals surface area contributed by atoms with Crippen molar-refractivity contribution in [3.8, 4) is 0 Å². The van der Waals surface area contributed by atoms with Crippen LogP contribution in [0.4, 0.5) is 19.0 Å². The van der Waals surface area contributed by atoms with Gasteiger partial charge in [0.05, 0.1) is 10.5 Å². The van der Waals surface area contributed by atoms with Gasteiger partial charge < -0.3 is 4.90 Å². The highest BCUT2D eigenvalue weighted by Gasteiger charge is 2.32. The quantitative estimate of drug-likeness (QED) is 0.857. The van der Waals surface area contributed by atoms with Crippen LogP contribution in [0.25, 0.3) is 0 Å². The minimum Gasteiger partial charge on any atom is -0.355 e. The Hall–Kier alpha value is -2.13. The summed E-state index contributed by atoms with van der Waals surface area (Å²) in [5.41, 5.74) is 0.702. The van der Waals surface area contributed by atoms with Gasteiger partial charge in [-0.3, -0.25) is 0 Å². The summed E-state index contributed by atoms with van der Waals surface area (Å²) in [4.78, 5) is 5.89. The molecule has 0 amide bonds. The lowest BCUT2D eigenvalue weighted by Gasteiger charge is -2.19. The highest BCUT2D eigenvalue weighted by atomic mass is 32.2. The predicted octanol–water partition coefficient (Wildman–Crippen LogP) is 3.27. The molecule has 1 aromatic carbocycles. The second kappa shape index (κ2) is 7.12. The first-order valence-corrected chi connectivity index (χ1v) is 9.92. The molecule has 146 valence electrons. The summed E-state index contributed by atoms with van der Waals surface area (Å²) in [6.45, 7) is 4.42. The third-order valence-corrected chi connectivity index (χ3v) is 6.20. The van der Waals surface area contributed by atoms with Gasteiger partial charge in [-0.2, -0.15) is 13.2 Å². The molecular formula is C18H20F3N3O2S. The molecule has 1 saturated heterocycles. The fourth-order valence-corrected chi connectivity index (χ4v) is 4.68. The molecule has 1 fully saturated rings. The number of rotatable bonds is 4. The van der Waals surface area contributed by atoms with Crippen molar-refractivity contribution in [2.75, 3.05) is 18.0 Å². The summed E-state index contributed by atoms with van der Waals surface area (Å²) in [5, 5.41) is 0. The number of nitrogens with zero attached hydrogens (tertiary/aromatic N) is 2. The van der Waals surface area contributed by atoms with Crippen molar-refractivity contribution in [3.63, 3.8) is 0 Å². The van der Waals surface area contributed by atoms with E-state index in [-0.39, 0.29) is 10.9 Å². The zero-order chi connectivity index (χ0) is 19.8. The van der Waals surface area contributed by atoms with Gasteiger partial charge in [0.15, 0.2) is 0 Å². The van der Waals surface area contributed by atoms with Gasteiger partial charge in [0, 0.05) is 25.3 Å². The summed E-state index contributed by atoms with van der Waals surface area (Å²) in [5.74, 6) is 0.399. The second-order valence-electron chi connectivity index (χ2n) is 6.72. The number of sulfonamides is 1. The molecule has 0 aliphatic carbocycles. The highest BCUT2D eigenvalue weighted by molar-refractivity contribution is 7.89. The molecule has 0 bridgehead atoms. The van der Waals surface area contributed by atoms with Crippen molar-refractivity contribution in [2.45, 2.75) is 37.4 Å². The fourth-order valence-electron chi connectivity index (χ4n) is 3.09. The Kier molecular flexibility index (Phi) is 5.18. The number of aromatic nitrogens is 1. The molecule has 2 aromatic rings. The maximum Gasteiger partial charge on any atom is 0.417 e. The number of nitrogens with one attached hydrogen (secondary N) is 1. The molecule has 1 aliphatic rings. The van der Waals surface area contributed by atoms with Gasteiger partial charge in [-0.1, -0.05) is 12.1 Å². The van der Waals surface area contributed by atoms with Crippen molar-refractivity contribution in [2.24, 2.45) is 0 Å². The first-order chi connectivity index (χ1) is 12.6. The number of halogens is 3. The third-order valence-electron chi connectivity index (χ3n) is 4.54. The fraction of sp³-hybridized carbons (Fsp3) is 0.389. The minimum atomic E-state index is -4.43. The number of alkyl halides is 3. The third kappa shape index (κ3) is 4.41. The van der Waals surface area contributed by atoms with E-state index in [4.69, 9.17) is 0 Å². The number of anilines is 1. The number of hydrogen-bond donors (Lipinski definition) is 1. The van der Waals surface area contributed by atoms with Crippen molar-refractivity contribution in [1.29, 1.82) is 0 Å². The number of pyridine rings is 1. The molecule has 1 unspecified atom stereocenters. The standard InChI is InChI=1S/C18H20F3N3O2S/c1-12-3-4-13(2)16(9-12)27(25,26)23-15-7-8-24(11-15)17-6-5-14(10-22-17)18(19,20)21/h3-6,9-10,15,23H,7-8,11H2,1-2H3. The van der Waals surface area contributed by atoms with E-state index in [1.165, 1.54) is 6.07 Å². The summed E-state index contributed by atoms with van der Waals surface area (Å²) >= 11 is 0. The molecule has 27 heavy (non-hydrogen) atoms. The van der Waals surface area contributed by atoms with Gasteiger partial charge >= 0.3 is 6.18 Å². The molecule has 3 rings (SSSR count). The molecular weight excluding hydrogens is 379 g/mol. The van der Waals surface area contributed by atoms with Gasteiger partial charge in [0.1, 0.15) is 5.82 Å². The van der Waals surface area contributed by atoms with Gasteiger partial charge in [0.25, 0.3) is 0 Å². The van der Waals surface area contributed by atoms with E-state index >= 15 is 0 Å². The maximum absolute atomic E-state index is 12.7. The second-order valence-corrected chi connectivity index (χ2v) is 8.41. The van der Waals surface area contributed by atoms with Crippen LogP contribution >= 0.6 is 0 Å². The molecule has 1 atom stereocenters. The van der Waals surface area contributed by atoms with E-state index in [0.29, 0.717) is 30.9 Å². The van der Waals surface area contributed by atoms with E-state index in [9.17, 15) is 21.6 Å². The molecule has 1 aromatic heterocycles. The lowest BCUT2D eigenvalue weighted by molar-refractivity contribution is -0.137. The zero-order valence-electron chi connectivity index (χ0n) is 14.9. The Morgan fingerprint density at radius 1 is 1.19 bits per heavy atom. The van der Waals surface area contributed by atoms with Crippen LogP contribution in [0.15, 0.2) is 41.4 Å². The lowest BCUT2D eigenvalue weighted by Crippen LogP contribution is -2.37. The van der Waals surface area contributed by atoms with Gasteiger partial charge in [-0.05, 0) is 49.6 Å². The average Bonchev–Trinajstić information content (AvgIpc) is 3.04. The van der Waals surface area contributed by atoms with Crippen LogP contribution in [0, 0.1) is 13.8 Å². The van der Waals surface area contributed by atoms with Crippen LogP contribution in [0.1, 0.15) is 23.1 Å². The number of hydrogen-bond acceptors (Lipinski definition) is 4. The normalized spacial score (nSPS) is 18.1. The Bertz CT molecular complexity index is 928. The molecule has 1 aliphatic heterocycles. The Balaban J connectivity index is 1.70. The van der Waals surface area contributed by atoms with Gasteiger partial charge in [-0.15, -0.1) is 0 Å². The first kappa shape index (κ1) is 19.6. The highest BCUT2D eigenvalue weighted by Crippen LogP contribution is 2.30. The number of benzene rings is 1. The van der Waals surface area contributed by atoms with E-state index in [1.54, 1.807) is 24.0 Å². The van der Waals surface area contributed by atoms with Crippen LogP contribution in [0.3, 0.4) is 0 Å². The Morgan fingerprint density at radius 2 is 1.93 bits per heavy atom. The van der Waals surface area contributed by atoms with Crippen LogP contribution in [-0.4, -0.2) is 32.5 Å². The Labute approximate surface area is 156 Å². The van der Waals surface area contributed by atoms with E-state index in [0.717, 1.165) is 17.8 Å². The molecule has 9 heteroatoms. The monoisotopic (exact) mass is 399 g/mol. The smallest absolute Gasteiger partial charge is 0.355 e. The van der Waals surface area contributed by atoms with Crippen LogP contribution in [0.2, 0.25) is 0 Å². The van der Waals surface area contributed by atoms with Crippen LogP contribution < -0.4 is 9.62 Å². The number of aryl methyl sites for hydroxylation is 2. The summed E-state index contributed by atoms with van der Waals surface area (Å²) < 4.78 is 66.0. The average molecular weight is 399 g/mol. The molecule has 2 heterocycles. The van der Waals surface area contributed by atoms with Crippen molar-refractivity contribution < 1.29 is 21.6 Å². The SMILES string of the molecule is Cc1ccc(C)c(S(=O)(=O)NC2CCN(c3ccc(C(F)(F)F)cn3)C2)c1. The maximum atomic E-state index is 12.7. The first-order valence-electron chi connectivity index (χ1n) is 8.44. The van der Waals surface area contributed by atoms with Crippen LogP contribution in [-0.2, 0) is 16.2 Å².